The molecule has 1 atom stereocenters. The molecule has 0 bridgehead atoms. The van der Waals surface area contributed by atoms with Crippen molar-refractivity contribution in [2.24, 2.45) is 11.7 Å². The lowest BCUT2D eigenvalue weighted by Crippen LogP contribution is -2.41. The fourth-order valence-corrected chi connectivity index (χ4v) is 3.04. The van der Waals surface area contributed by atoms with Gasteiger partial charge in [-0.1, -0.05) is 31.4 Å². The number of halogens is 1. The van der Waals surface area contributed by atoms with Crippen LogP contribution in [-0.2, 0) is 6.54 Å². The summed E-state index contributed by atoms with van der Waals surface area (Å²) in [5, 5.41) is 0. The minimum Gasteiger partial charge on any atom is -0.326 e. The largest absolute Gasteiger partial charge is 0.326 e. The summed E-state index contributed by atoms with van der Waals surface area (Å²) < 4.78 is 12.8. The van der Waals surface area contributed by atoms with Crippen LogP contribution in [0.15, 0.2) is 24.3 Å². The lowest BCUT2D eigenvalue weighted by atomic mass is 9.84. The molecule has 0 radical (unpaired) electrons. The number of nitrogens with zero attached hydrogens (tertiary/aromatic N) is 1. The van der Waals surface area contributed by atoms with E-state index < -0.39 is 0 Å². The van der Waals surface area contributed by atoms with Crippen LogP contribution in [0.2, 0.25) is 0 Å². The summed E-state index contributed by atoms with van der Waals surface area (Å²) in [7, 11) is 2.09. The average Bonchev–Trinajstić information content (AvgIpc) is 2.42. The lowest BCUT2D eigenvalue weighted by molar-refractivity contribution is 0.229. The minimum atomic E-state index is -0.176. The topological polar surface area (TPSA) is 29.3 Å². The summed E-state index contributed by atoms with van der Waals surface area (Å²) in [6.45, 7) is 1.75. The third kappa shape index (κ3) is 4.59. The summed E-state index contributed by atoms with van der Waals surface area (Å²) in [5.41, 5.74) is 7.46. The highest BCUT2D eigenvalue weighted by Crippen LogP contribution is 2.26. The molecule has 2 rings (SSSR count). The van der Waals surface area contributed by atoms with E-state index in [-0.39, 0.29) is 11.9 Å². The molecule has 0 aliphatic heterocycles. The van der Waals surface area contributed by atoms with E-state index in [1.165, 1.54) is 44.2 Å². The Labute approximate surface area is 115 Å². The van der Waals surface area contributed by atoms with Crippen LogP contribution < -0.4 is 5.73 Å². The lowest BCUT2D eigenvalue weighted by Gasteiger charge is -2.30. The maximum Gasteiger partial charge on any atom is 0.123 e. The van der Waals surface area contributed by atoms with Gasteiger partial charge in [-0.3, -0.25) is 0 Å². The third-order valence-corrected chi connectivity index (χ3v) is 4.14. The number of hydrogen-bond donors (Lipinski definition) is 1. The van der Waals surface area contributed by atoms with Crippen LogP contribution in [0.4, 0.5) is 4.39 Å². The average molecular weight is 264 g/mol. The second-order valence-electron chi connectivity index (χ2n) is 5.89. The zero-order chi connectivity index (χ0) is 13.7. The van der Waals surface area contributed by atoms with Crippen molar-refractivity contribution in [2.45, 2.75) is 44.7 Å². The summed E-state index contributed by atoms with van der Waals surface area (Å²) in [5.74, 6) is 0.509. The van der Waals surface area contributed by atoms with E-state index in [4.69, 9.17) is 5.73 Å². The van der Waals surface area contributed by atoms with Gasteiger partial charge in [-0.2, -0.15) is 0 Å². The Morgan fingerprint density at radius 1 is 1.21 bits per heavy atom. The van der Waals surface area contributed by atoms with Crippen LogP contribution in [0.1, 0.15) is 37.7 Å². The van der Waals surface area contributed by atoms with E-state index in [1.54, 1.807) is 0 Å². The molecule has 0 saturated heterocycles. The van der Waals surface area contributed by atoms with Gasteiger partial charge in [0.2, 0.25) is 0 Å². The van der Waals surface area contributed by atoms with Gasteiger partial charge in [0.15, 0.2) is 0 Å². The molecule has 0 heterocycles. The van der Waals surface area contributed by atoms with E-state index >= 15 is 0 Å². The van der Waals surface area contributed by atoms with Crippen molar-refractivity contribution in [2.75, 3.05) is 13.6 Å². The molecule has 1 fully saturated rings. The Morgan fingerprint density at radius 3 is 2.47 bits per heavy atom. The van der Waals surface area contributed by atoms with Crippen molar-refractivity contribution in [3.05, 3.63) is 35.6 Å². The normalized spacial score (nSPS) is 18.7. The molecule has 3 heteroatoms. The van der Waals surface area contributed by atoms with Gasteiger partial charge in [-0.05, 0) is 43.5 Å². The van der Waals surface area contributed by atoms with Gasteiger partial charge < -0.3 is 10.6 Å². The molecule has 1 aromatic carbocycles. The van der Waals surface area contributed by atoms with E-state index in [0.717, 1.165) is 18.7 Å². The van der Waals surface area contributed by atoms with Crippen molar-refractivity contribution < 1.29 is 4.39 Å². The quantitative estimate of drug-likeness (QED) is 0.885. The smallest absolute Gasteiger partial charge is 0.123 e. The predicted octanol–water partition coefficient (Wildman–Crippen LogP) is 3.17. The number of likely N-dealkylation sites (N-methyl/N-ethyl adjacent to an activating group) is 1. The molecule has 2 N–H and O–H groups in total. The van der Waals surface area contributed by atoms with Crippen LogP contribution in [0.3, 0.4) is 0 Å². The first-order valence-electron chi connectivity index (χ1n) is 7.33. The van der Waals surface area contributed by atoms with Crippen LogP contribution in [0, 0.1) is 11.7 Å². The molecule has 1 unspecified atom stereocenters. The molecule has 0 aromatic heterocycles. The van der Waals surface area contributed by atoms with Crippen molar-refractivity contribution in [3.63, 3.8) is 0 Å². The number of nitrogens with two attached hydrogens (primary N) is 1. The highest BCUT2D eigenvalue weighted by atomic mass is 19.1. The number of hydrogen-bond acceptors (Lipinski definition) is 2. The number of rotatable bonds is 5. The molecule has 106 valence electrons. The molecule has 19 heavy (non-hydrogen) atoms. The zero-order valence-electron chi connectivity index (χ0n) is 11.8. The second kappa shape index (κ2) is 7.01. The van der Waals surface area contributed by atoms with E-state index in [2.05, 4.69) is 11.9 Å². The van der Waals surface area contributed by atoms with E-state index in [0.29, 0.717) is 5.92 Å². The first-order valence-corrected chi connectivity index (χ1v) is 7.33. The highest BCUT2D eigenvalue weighted by Gasteiger charge is 2.21. The van der Waals surface area contributed by atoms with Crippen LogP contribution >= 0.6 is 0 Å². The Hall–Kier alpha value is -0.930. The Balaban J connectivity index is 1.79. The molecule has 0 amide bonds. The monoisotopic (exact) mass is 264 g/mol. The first-order chi connectivity index (χ1) is 9.15. The van der Waals surface area contributed by atoms with Crippen LogP contribution in [0.5, 0.6) is 0 Å². The third-order valence-electron chi connectivity index (χ3n) is 4.14. The van der Waals surface area contributed by atoms with Gasteiger partial charge in [-0.15, -0.1) is 0 Å². The summed E-state index contributed by atoms with van der Waals surface area (Å²) >= 11 is 0. The first kappa shape index (κ1) is 14.5. The van der Waals surface area contributed by atoms with Crippen molar-refractivity contribution >= 4 is 0 Å². The fraction of sp³-hybridized carbons (Fsp3) is 0.625. The fourth-order valence-electron chi connectivity index (χ4n) is 3.04. The van der Waals surface area contributed by atoms with Gasteiger partial charge in [-0.25, -0.2) is 4.39 Å². The second-order valence-corrected chi connectivity index (χ2v) is 5.89. The maximum absolute atomic E-state index is 12.8. The van der Waals surface area contributed by atoms with Crippen molar-refractivity contribution in [1.29, 1.82) is 0 Å². The molecule has 1 aliphatic rings. The van der Waals surface area contributed by atoms with Crippen LogP contribution in [-0.4, -0.2) is 24.5 Å². The highest BCUT2D eigenvalue weighted by molar-refractivity contribution is 5.15. The Morgan fingerprint density at radius 2 is 1.84 bits per heavy atom. The summed E-state index contributed by atoms with van der Waals surface area (Å²) in [6.07, 6.45) is 6.60. The predicted molar refractivity (Wildman–Crippen MR) is 77.3 cm³/mol. The number of benzene rings is 1. The Kier molecular flexibility index (Phi) is 5.34. The van der Waals surface area contributed by atoms with E-state index in [1.807, 2.05) is 12.1 Å². The van der Waals surface area contributed by atoms with Gasteiger partial charge in [0.05, 0.1) is 0 Å². The van der Waals surface area contributed by atoms with Gasteiger partial charge in [0.1, 0.15) is 5.82 Å². The van der Waals surface area contributed by atoms with E-state index in [9.17, 15) is 4.39 Å². The van der Waals surface area contributed by atoms with Crippen molar-refractivity contribution in [3.8, 4) is 0 Å². The molecule has 1 aromatic rings. The molecular formula is C16H25FN2. The SMILES string of the molecule is CN(Cc1ccc(F)cc1)CC(N)C1CCCCC1. The summed E-state index contributed by atoms with van der Waals surface area (Å²) in [6, 6.07) is 7.00. The van der Waals surface area contributed by atoms with Gasteiger partial charge in [0, 0.05) is 19.1 Å². The van der Waals surface area contributed by atoms with Crippen LogP contribution in [0.25, 0.3) is 0 Å². The standard InChI is InChI=1S/C16H25FN2/c1-19(11-13-7-9-15(17)10-8-13)12-16(18)14-5-3-2-4-6-14/h7-10,14,16H,2-6,11-12,18H2,1H3. The van der Waals surface area contributed by atoms with Crippen molar-refractivity contribution in [1.82, 2.24) is 4.90 Å². The maximum atomic E-state index is 12.8. The zero-order valence-corrected chi connectivity index (χ0v) is 11.8. The minimum absolute atomic E-state index is 0.176. The molecule has 2 nitrogen and oxygen atoms in total. The molecule has 0 spiro atoms. The molecule has 1 saturated carbocycles. The molecular weight excluding hydrogens is 239 g/mol. The van der Waals surface area contributed by atoms with Gasteiger partial charge >= 0.3 is 0 Å². The molecule has 1 aliphatic carbocycles. The summed E-state index contributed by atoms with van der Waals surface area (Å²) in [4.78, 5) is 2.24. The Bertz CT molecular complexity index is 371. The van der Waals surface area contributed by atoms with Gasteiger partial charge in [0.25, 0.3) is 0 Å².